The molecule has 0 radical (unpaired) electrons. The van der Waals surface area contributed by atoms with Gasteiger partial charge in [-0.25, -0.2) is 0 Å². The van der Waals surface area contributed by atoms with Gasteiger partial charge in [-0.2, -0.15) is 0 Å². The molecule has 1 aromatic carbocycles. The fourth-order valence-electron chi connectivity index (χ4n) is 1.20. The van der Waals surface area contributed by atoms with Gasteiger partial charge in [0.25, 0.3) is 0 Å². The van der Waals surface area contributed by atoms with Gasteiger partial charge < -0.3 is 4.98 Å². The smallest absolute Gasteiger partial charge is 0.0380 e. The molecular weight excluding hydrogens is 158 g/mol. The van der Waals surface area contributed by atoms with Crippen LogP contribution in [0.3, 0.4) is 0 Å². The fraction of sp³-hybridized carbons (Fsp3) is 0. The van der Waals surface area contributed by atoms with Crippen LogP contribution in [0, 0.1) is 0 Å². The predicted molar refractivity (Wildman–Crippen MR) is 56.2 cm³/mol. The molecule has 0 aliphatic rings. The summed E-state index contributed by atoms with van der Waals surface area (Å²) in [5.41, 5.74) is 2.35. The molecule has 1 nitrogen and oxygen atoms in total. The van der Waals surface area contributed by atoms with E-state index in [0.717, 1.165) is 5.69 Å². The number of benzene rings is 1. The third-order valence-electron chi connectivity index (χ3n) is 1.88. The van der Waals surface area contributed by atoms with E-state index in [9.17, 15) is 0 Å². The van der Waals surface area contributed by atoms with Gasteiger partial charge in [-0.05, 0) is 23.8 Å². The molecule has 1 heterocycles. The van der Waals surface area contributed by atoms with Crippen LogP contribution in [0.15, 0.2) is 48.7 Å². The summed E-state index contributed by atoms with van der Waals surface area (Å²) in [7, 11) is 0. The topological polar surface area (TPSA) is 15.8 Å². The minimum absolute atomic E-state index is 1.13. The highest BCUT2D eigenvalue weighted by Crippen LogP contribution is 2.05. The molecule has 0 amide bonds. The van der Waals surface area contributed by atoms with E-state index in [1.807, 2.05) is 36.5 Å². The van der Waals surface area contributed by atoms with E-state index in [1.165, 1.54) is 5.56 Å². The molecule has 0 saturated carbocycles. The van der Waals surface area contributed by atoms with E-state index in [-0.39, 0.29) is 0 Å². The predicted octanol–water partition coefficient (Wildman–Crippen LogP) is 3.19. The highest BCUT2D eigenvalue weighted by Gasteiger charge is 1.85. The minimum Gasteiger partial charge on any atom is -0.362 e. The van der Waals surface area contributed by atoms with Crippen LogP contribution in [0.1, 0.15) is 11.3 Å². The second kappa shape index (κ2) is 3.76. The van der Waals surface area contributed by atoms with E-state index < -0.39 is 0 Å². The van der Waals surface area contributed by atoms with Gasteiger partial charge >= 0.3 is 0 Å². The van der Waals surface area contributed by atoms with Crippen molar-refractivity contribution in [2.45, 2.75) is 0 Å². The lowest BCUT2D eigenvalue weighted by Crippen LogP contribution is -1.70. The monoisotopic (exact) mass is 169 g/mol. The maximum Gasteiger partial charge on any atom is 0.0380 e. The zero-order valence-electron chi connectivity index (χ0n) is 7.27. The number of aromatic nitrogens is 1. The van der Waals surface area contributed by atoms with Crippen LogP contribution < -0.4 is 0 Å². The Bertz CT molecular complexity index is 371. The molecule has 0 fully saturated rings. The van der Waals surface area contributed by atoms with Crippen LogP contribution in [0.5, 0.6) is 0 Å². The van der Waals surface area contributed by atoms with Crippen molar-refractivity contribution in [3.63, 3.8) is 0 Å². The lowest BCUT2D eigenvalue weighted by Gasteiger charge is -1.89. The van der Waals surface area contributed by atoms with Crippen molar-refractivity contribution in [2.24, 2.45) is 0 Å². The third kappa shape index (κ3) is 2.09. The van der Waals surface area contributed by atoms with E-state index in [4.69, 9.17) is 0 Å². The standard InChI is InChI=1S/C12H11N/c1-2-5-11(6-3-1)8-9-12-7-4-10-13-12/h1-10,13H/b9-8-. The van der Waals surface area contributed by atoms with E-state index in [2.05, 4.69) is 29.3 Å². The van der Waals surface area contributed by atoms with Gasteiger partial charge in [-0.1, -0.05) is 36.4 Å². The van der Waals surface area contributed by atoms with Gasteiger partial charge in [0.05, 0.1) is 0 Å². The number of aromatic amines is 1. The summed E-state index contributed by atoms with van der Waals surface area (Å²) in [5, 5.41) is 0. The summed E-state index contributed by atoms with van der Waals surface area (Å²) in [5.74, 6) is 0. The van der Waals surface area contributed by atoms with Crippen molar-refractivity contribution in [1.29, 1.82) is 0 Å². The fourth-order valence-corrected chi connectivity index (χ4v) is 1.20. The minimum atomic E-state index is 1.13. The number of hydrogen-bond acceptors (Lipinski definition) is 0. The van der Waals surface area contributed by atoms with Crippen molar-refractivity contribution in [1.82, 2.24) is 4.98 Å². The summed E-state index contributed by atoms with van der Waals surface area (Å²) < 4.78 is 0. The van der Waals surface area contributed by atoms with Gasteiger partial charge in [0.1, 0.15) is 0 Å². The van der Waals surface area contributed by atoms with Gasteiger partial charge in [-0.15, -0.1) is 0 Å². The highest BCUT2D eigenvalue weighted by atomic mass is 14.7. The Kier molecular flexibility index (Phi) is 2.28. The maximum atomic E-state index is 3.12. The van der Waals surface area contributed by atoms with Crippen LogP contribution in [-0.2, 0) is 0 Å². The van der Waals surface area contributed by atoms with Gasteiger partial charge in [0.2, 0.25) is 0 Å². The van der Waals surface area contributed by atoms with Gasteiger partial charge in [0, 0.05) is 11.9 Å². The zero-order chi connectivity index (χ0) is 8.93. The molecule has 1 aromatic heterocycles. The van der Waals surface area contributed by atoms with Crippen LogP contribution in [0.25, 0.3) is 12.2 Å². The zero-order valence-corrected chi connectivity index (χ0v) is 7.27. The van der Waals surface area contributed by atoms with Crippen LogP contribution in [-0.4, -0.2) is 4.98 Å². The highest BCUT2D eigenvalue weighted by molar-refractivity contribution is 5.67. The lowest BCUT2D eigenvalue weighted by molar-refractivity contribution is 1.38. The Morgan fingerprint density at radius 2 is 1.69 bits per heavy atom. The first-order valence-electron chi connectivity index (χ1n) is 4.32. The molecule has 2 aromatic rings. The molecule has 1 N–H and O–H groups in total. The van der Waals surface area contributed by atoms with Gasteiger partial charge in [0.15, 0.2) is 0 Å². The largest absolute Gasteiger partial charge is 0.362 e. The lowest BCUT2D eigenvalue weighted by atomic mass is 10.2. The van der Waals surface area contributed by atoms with E-state index in [0.29, 0.717) is 0 Å². The summed E-state index contributed by atoms with van der Waals surface area (Å²) in [4.78, 5) is 3.12. The molecule has 64 valence electrons. The summed E-state index contributed by atoms with van der Waals surface area (Å²) in [6.45, 7) is 0. The summed E-state index contributed by atoms with van der Waals surface area (Å²) in [6.07, 6.45) is 6.08. The van der Waals surface area contributed by atoms with Crippen LogP contribution >= 0.6 is 0 Å². The molecular formula is C12H11N. The number of H-pyrrole nitrogens is 1. The Labute approximate surface area is 77.7 Å². The first kappa shape index (κ1) is 7.87. The van der Waals surface area contributed by atoms with Crippen molar-refractivity contribution < 1.29 is 0 Å². The molecule has 0 saturated heterocycles. The first-order valence-corrected chi connectivity index (χ1v) is 4.32. The Balaban J connectivity index is 2.15. The normalized spacial score (nSPS) is 10.8. The molecule has 0 aliphatic carbocycles. The molecule has 2 rings (SSSR count). The quantitative estimate of drug-likeness (QED) is 0.710. The molecule has 13 heavy (non-hydrogen) atoms. The SMILES string of the molecule is C(=C/c1ccc[nH]1)/c1ccccc1. The van der Waals surface area contributed by atoms with Crippen molar-refractivity contribution >= 4 is 12.2 Å². The van der Waals surface area contributed by atoms with Crippen molar-refractivity contribution in [2.75, 3.05) is 0 Å². The number of hydrogen-bond donors (Lipinski definition) is 1. The van der Waals surface area contributed by atoms with Gasteiger partial charge in [-0.3, -0.25) is 0 Å². The summed E-state index contributed by atoms with van der Waals surface area (Å²) >= 11 is 0. The number of nitrogens with one attached hydrogen (secondary N) is 1. The van der Waals surface area contributed by atoms with Crippen LogP contribution in [0.4, 0.5) is 0 Å². The maximum absolute atomic E-state index is 3.12. The first-order chi connectivity index (χ1) is 6.45. The Hall–Kier alpha value is -1.76. The van der Waals surface area contributed by atoms with Crippen LogP contribution in [0.2, 0.25) is 0 Å². The van der Waals surface area contributed by atoms with Crippen molar-refractivity contribution in [3.8, 4) is 0 Å². The molecule has 1 heteroatoms. The molecule has 0 bridgehead atoms. The average molecular weight is 169 g/mol. The molecule has 0 aliphatic heterocycles. The second-order valence-electron chi connectivity index (χ2n) is 2.87. The number of rotatable bonds is 2. The van der Waals surface area contributed by atoms with E-state index >= 15 is 0 Å². The second-order valence-corrected chi connectivity index (χ2v) is 2.87. The third-order valence-corrected chi connectivity index (χ3v) is 1.88. The van der Waals surface area contributed by atoms with Crippen molar-refractivity contribution in [3.05, 3.63) is 59.9 Å². The Morgan fingerprint density at radius 1 is 0.846 bits per heavy atom. The average Bonchev–Trinajstić information content (AvgIpc) is 2.69. The molecule has 0 spiro atoms. The molecule has 0 atom stereocenters. The Morgan fingerprint density at radius 3 is 2.38 bits per heavy atom. The summed E-state index contributed by atoms with van der Waals surface area (Å²) in [6, 6.07) is 14.3. The van der Waals surface area contributed by atoms with E-state index in [1.54, 1.807) is 0 Å². The molecule has 0 unspecified atom stereocenters.